The van der Waals surface area contributed by atoms with Crippen molar-refractivity contribution < 1.29 is 0 Å². The van der Waals surface area contributed by atoms with E-state index in [1.807, 2.05) is 6.92 Å². The number of aryl methyl sites for hydroxylation is 2. The number of hydrogen-bond acceptors (Lipinski definition) is 1. The minimum atomic E-state index is 0. The normalized spacial score (nSPS) is 11.6. The van der Waals surface area contributed by atoms with Crippen LogP contribution in [0.1, 0.15) is 39.6 Å². The van der Waals surface area contributed by atoms with E-state index in [2.05, 4.69) is 55.6 Å². The molecule has 2 nitrogen and oxygen atoms in total. The lowest BCUT2D eigenvalue weighted by molar-refractivity contribution is 0.591. The van der Waals surface area contributed by atoms with Gasteiger partial charge in [0.05, 0.1) is 11.0 Å². The molecular weight excluding hydrogens is 196 g/mol. The molecule has 0 aliphatic heterocycles. The van der Waals surface area contributed by atoms with Crippen molar-refractivity contribution in [3.8, 4) is 0 Å². The molecule has 0 fully saturated rings. The zero-order chi connectivity index (χ0) is 11.2. The van der Waals surface area contributed by atoms with Crippen LogP contribution >= 0.6 is 0 Å². The minimum absolute atomic E-state index is 0. The second-order valence-corrected chi connectivity index (χ2v) is 5.17. The first-order valence-corrected chi connectivity index (χ1v) is 5.33. The number of nitrogens with zero attached hydrogens (tertiary/aromatic N) is 2. The van der Waals surface area contributed by atoms with Gasteiger partial charge in [0.1, 0.15) is 5.82 Å². The third-order valence-electron chi connectivity index (χ3n) is 2.97. The molecule has 0 N–H and O–H groups in total. The van der Waals surface area contributed by atoms with Gasteiger partial charge in [-0.15, -0.1) is 0 Å². The van der Waals surface area contributed by atoms with E-state index < -0.39 is 0 Å². The standard InChI is InChI=1S/C13H18N2.CH4/c1-9-14-11-8-10(13(2,3)4)6-7-12(11)15(9)5;/h6-8H,1-5H3;1H4. The number of rotatable bonds is 0. The molecule has 0 spiro atoms. The fourth-order valence-electron chi connectivity index (χ4n) is 1.79. The van der Waals surface area contributed by atoms with Gasteiger partial charge in [-0.2, -0.15) is 0 Å². The van der Waals surface area contributed by atoms with E-state index in [1.54, 1.807) is 0 Å². The molecule has 16 heavy (non-hydrogen) atoms. The molecule has 0 bridgehead atoms. The molecule has 2 rings (SSSR count). The van der Waals surface area contributed by atoms with E-state index in [0.717, 1.165) is 11.3 Å². The van der Waals surface area contributed by atoms with Crippen molar-refractivity contribution in [1.29, 1.82) is 0 Å². The summed E-state index contributed by atoms with van der Waals surface area (Å²) < 4.78 is 2.13. The molecule has 2 heteroatoms. The number of fused-ring (bicyclic) bond motifs is 1. The van der Waals surface area contributed by atoms with Gasteiger partial charge in [0.15, 0.2) is 0 Å². The topological polar surface area (TPSA) is 17.8 Å². The van der Waals surface area contributed by atoms with Gasteiger partial charge in [-0.1, -0.05) is 34.3 Å². The number of aromatic nitrogens is 2. The maximum atomic E-state index is 4.55. The molecule has 0 saturated carbocycles. The van der Waals surface area contributed by atoms with Crippen molar-refractivity contribution in [3.05, 3.63) is 29.6 Å². The van der Waals surface area contributed by atoms with E-state index in [0.29, 0.717) is 0 Å². The van der Waals surface area contributed by atoms with Gasteiger partial charge in [0, 0.05) is 7.05 Å². The highest BCUT2D eigenvalue weighted by Gasteiger charge is 2.15. The van der Waals surface area contributed by atoms with Gasteiger partial charge in [-0.3, -0.25) is 0 Å². The van der Waals surface area contributed by atoms with Crippen LogP contribution in [-0.2, 0) is 12.5 Å². The Hall–Kier alpha value is -1.31. The highest BCUT2D eigenvalue weighted by atomic mass is 15.0. The Balaban J connectivity index is 0.00000128. The lowest BCUT2D eigenvalue weighted by Crippen LogP contribution is -2.10. The molecule has 0 amide bonds. The van der Waals surface area contributed by atoms with Crippen LogP contribution in [0.5, 0.6) is 0 Å². The molecule has 88 valence electrons. The lowest BCUT2D eigenvalue weighted by Gasteiger charge is -2.18. The maximum Gasteiger partial charge on any atom is 0.106 e. The fourth-order valence-corrected chi connectivity index (χ4v) is 1.79. The molecule has 0 saturated heterocycles. The van der Waals surface area contributed by atoms with Crippen molar-refractivity contribution in [2.75, 3.05) is 0 Å². The number of hydrogen-bond donors (Lipinski definition) is 0. The number of imidazole rings is 1. The van der Waals surface area contributed by atoms with Crippen LogP contribution in [0.15, 0.2) is 18.2 Å². The van der Waals surface area contributed by atoms with Gasteiger partial charge >= 0.3 is 0 Å². The van der Waals surface area contributed by atoms with E-state index in [9.17, 15) is 0 Å². The summed E-state index contributed by atoms with van der Waals surface area (Å²) in [6, 6.07) is 6.56. The van der Waals surface area contributed by atoms with E-state index in [-0.39, 0.29) is 12.8 Å². The largest absolute Gasteiger partial charge is 0.331 e. The summed E-state index contributed by atoms with van der Waals surface area (Å²) >= 11 is 0. The second kappa shape index (κ2) is 3.93. The summed E-state index contributed by atoms with van der Waals surface area (Å²) in [5, 5.41) is 0. The molecule has 0 aliphatic rings. The zero-order valence-electron chi connectivity index (χ0n) is 10.1. The Morgan fingerprint density at radius 3 is 2.38 bits per heavy atom. The molecule has 0 atom stereocenters. The maximum absolute atomic E-state index is 4.55. The van der Waals surface area contributed by atoms with Crippen LogP contribution in [0.4, 0.5) is 0 Å². The SMILES string of the molecule is C.Cc1nc2cc(C(C)(C)C)ccc2n1C. The molecule has 1 aromatic heterocycles. The summed E-state index contributed by atoms with van der Waals surface area (Å²) in [5.74, 6) is 1.07. The summed E-state index contributed by atoms with van der Waals surface area (Å²) in [6.07, 6.45) is 0. The second-order valence-electron chi connectivity index (χ2n) is 5.17. The van der Waals surface area contributed by atoms with Crippen LogP contribution in [0.25, 0.3) is 11.0 Å². The summed E-state index contributed by atoms with van der Waals surface area (Å²) in [7, 11) is 2.06. The predicted octanol–water partition coefficient (Wildman–Crippen LogP) is 3.82. The van der Waals surface area contributed by atoms with Crippen LogP contribution in [0.3, 0.4) is 0 Å². The van der Waals surface area contributed by atoms with E-state index in [4.69, 9.17) is 0 Å². The first-order chi connectivity index (χ1) is 6.89. The Labute approximate surface area is 98.3 Å². The van der Waals surface area contributed by atoms with Gasteiger partial charge in [0.2, 0.25) is 0 Å². The van der Waals surface area contributed by atoms with Crippen molar-refractivity contribution >= 4 is 11.0 Å². The Morgan fingerprint density at radius 1 is 1.19 bits per heavy atom. The molecule has 0 unspecified atom stereocenters. The Bertz CT molecular complexity index is 501. The fraction of sp³-hybridized carbons (Fsp3) is 0.500. The lowest BCUT2D eigenvalue weighted by atomic mass is 9.87. The third kappa shape index (κ3) is 1.97. The van der Waals surface area contributed by atoms with E-state index in [1.165, 1.54) is 11.1 Å². The van der Waals surface area contributed by atoms with Crippen LogP contribution < -0.4 is 0 Å². The van der Waals surface area contributed by atoms with Gasteiger partial charge < -0.3 is 4.57 Å². The molecular formula is C14H22N2. The van der Waals surface area contributed by atoms with Crippen LogP contribution in [0.2, 0.25) is 0 Å². The molecule has 0 aliphatic carbocycles. The Morgan fingerprint density at radius 2 is 1.81 bits per heavy atom. The van der Waals surface area contributed by atoms with Crippen LogP contribution in [-0.4, -0.2) is 9.55 Å². The third-order valence-corrected chi connectivity index (χ3v) is 2.97. The van der Waals surface area contributed by atoms with Gasteiger partial charge in [-0.25, -0.2) is 4.98 Å². The minimum Gasteiger partial charge on any atom is -0.331 e. The quantitative estimate of drug-likeness (QED) is 0.657. The summed E-state index contributed by atoms with van der Waals surface area (Å²) in [5.41, 5.74) is 3.84. The zero-order valence-corrected chi connectivity index (χ0v) is 10.1. The monoisotopic (exact) mass is 218 g/mol. The molecule has 1 aromatic carbocycles. The van der Waals surface area contributed by atoms with Gasteiger partial charge in [-0.05, 0) is 30.0 Å². The predicted molar refractivity (Wildman–Crippen MR) is 70.9 cm³/mol. The van der Waals surface area contributed by atoms with Crippen molar-refractivity contribution in [2.45, 2.75) is 40.5 Å². The highest BCUT2D eigenvalue weighted by molar-refractivity contribution is 5.77. The molecule has 0 radical (unpaired) electrons. The average Bonchev–Trinajstić information content (AvgIpc) is 2.41. The van der Waals surface area contributed by atoms with E-state index >= 15 is 0 Å². The average molecular weight is 218 g/mol. The van der Waals surface area contributed by atoms with Crippen molar-refractivity contribution in [1.82, 2.24) is 9.55 Å². The van der Waals surface area contributed by atoms with Gasteiger partial charge in [0.25, 0.3) is 0 Å². The highest BCUT2D eigenvalue weighted by Crippen LogP contribution is 2.25. The number of benzene rings is 1. The summed E-state index contributed by atoms with van der Waals surface area (Å²) in [6.45, 7) is 8.72. The Kier molecular flexibility index (Phi) is 3.13. The summed E-state index contributed by atoms with van der Waals surface area (Å²) in [4.78, 5) is 4.55. The van der Waals surface area contributed by atoms with Crippen LogP contribution in [0, 0.1) is 6.92 Å². The van der Waals surface area contributed by atoms with Crippen molar-refractivity contribution in [3.63, 3.8) is 0 Å². The molecule has 1 heterocycles. The molecule has 2 aromatic rings. The first kappa shape index (κ1) is 12.8. The van der Waals surface area contributed by atoms with Crippen molar-refractivity contribution in [2.24, 2.45) is 7.05 Å². The first-order valence-electron chi connectivity index (χ1n) is 5.33. The smallest absolute Gasteiger partial charge is 0.106 e.